The van der Waals surface area contributed by atoms with E-state index in [2.05, 4.69) is 15.5 Å². The number of benzene rings is 1. The Morgan fingerprint density at radius 3 is 2.59 bits per heavy atom. The lowest BCUT2D eigenvalue weighted by Crippen LogP contribution is -2.53. The van der Waals surface area contributed by atoms with E-state index in [-0.39, 0.29) is 29.2 Å². The summed E-state index contributed by atoms with van der Waals surface area (Å²) < 4.78 is 32.7. The van der Waals surface area contributed by atoms with Gasteiger partial charge in [-0.25, -0.2) is 8.42 Å². The zero-order valence-corrected chi connectivity index (χ0v) is 15.9. The topological polar surface area (TPSA) is 105 Å². The van der Waals surface area contributed by atoms with Crippen molar-refractivity contribution in [2.24, 2.45) is 5.92 Å². The summed E-state index contributed by atoms with van der Waals surface area (Å²) in [6, 6.07) is 7.95. The molecule has 2 heterocycles. The van der Waals surface area contributed by atoms with Crippen molar-refractivity contribution >= 4 is 15.9 Å². The molecule has 0 radical (unpaired) electrons. The number of amides is 1. The summed E-state index contributed by atoms with van der Waals surface area (Å²) in [5.41, 5.74) is 0. The summed E-state index contributed by atoms with van der Waals surface area (Å²) in [5, 5.41) is 6.86. The molecule has 4 rings (SSSR count). The van der Waals surface area contributed by atoms with Gasteiger partial charge in [0.05, 0.1) is 16.9 Å². The van der Waals surface area contributed by atoms with Gasteiger partial charge >= 0.3 is 0 Å². The zero-order valence-electron chi connectivity index (χ0n) is 15.0. The molecule has 2 fully saturated rings. The summed E-state index contributed by atoms with van der Waals surface area (Å²) in [7, 11) is -3.62. The molecule has 9 heteroatoms. The monoisotopic (exact) mass is 390 g/mol. The van der Waals surface area contributed by atoms with E-state index in [1.54, 1.807) is 37.3 Å². The molecule has 2 aliphatic rings. The van der Waals surface area contributed by atoms with Gasteiger partial charge in [-0.3, -0.25) is 4.79 Å². The van der Waals surface area contributed by atoms with Crippen LogP contribution in [0.5, 0.6) is 0 Å². The Morgan fingerprint density at radius 2 is 1.96 bits per heavy atom. The molecule has 0 spiro atoms. The molecular formula is C18H22N4O4S. The largest absolute Gasteiger partial charge is 0.351 e. The summed E-state index contributed by atoms with van der Waals surface area (Å²) in [5.74, 6) is 0.787. The molecule has 8 nitrogen and oxygen atoms in total. The van der Waals surface area contributed by atoms with Crippen molar-refractivity contribution in [2.75, 3.05) is 13.1 Å². The minimum atomic E-state index is -3.62. The average molecular weight is 390 g/mol. The van der Waals surface area contributed by atoms with Gasteiger partial charge in [-0.15, -0.1) is 0 Å². The summed E-state index contributed by atoms with van der Waals surface area (Å²) in [4.78, 5) is 16.9. The fraction of sp³-hybridized carbons (Fsp3) is 0.500. The first-order valence-corrected chi connectivity index (χ1v) is 10.5. The Labute approximate surface area is 158 Å². The van der Waals surface area contributed by atoms with Gasteiger partial charge in [0.1, 0.15) is 0 Å². The average Bonchev–Trinajstić information content (AvgIpc) is 3.44. The van der Waals surface area contributed by atoms with Crippen molar-refractivity contribution in [2.45, 2.75) is 43.0 Å². The highest BCUT2D eigenvalue weighted by atomic mass is 32.2. The number of hydrogen-bond acceptors (Lipinski definition) is 6. The van der Waals surface area contributed by atoms with Gasteiger partial charge in [-0.05, 0) is 38.3 Å². The summed E-state index contributed by atoms with van der Waals surface area (Å²) >= 11 is 0. The minimum absolute atomic E-state index is 0.0276. The highest BCUT2D eigenvalue weighted by molar-refractivity contribution is 7.89. The molecule has 27 heavy (non-hydrogen) atoms. The fourth-order valence-electron chi connectivity index (χ4n) is 3.43. The van der Waals surface area contributed by atoms with Gasteiger partial charge in [0.2, 0.25) is 21.8 Å². The molecule has 2 unspecified atom stereocenters. The third kappa shape index (κ3) is 3.74. The lowest BCUT2D eigenvalue weighted by Gasteiger charge is -2.36. The standard InChI is InChI=1S/C18H22N4O4S/c1-12-19-18(26-21-12)15-9-10-22(11-16(15)20-17(23)13-7-8-13)27(24,25)14-5-3-2-4-6-14/h2-6,13,15-16H,7-11H2,1H3,(H,20,23). The van der Waals surface area contributed by atoms with Crippen LogP contribution in [0.3, 0.4) is 0 Å². The predicted molar refractivity (Wildman–Crippen MR) is 96.2 cm³/mol. The first-order valence-electron chi connectivity index (χ1n) is 9.11. The van der Waals surface area contributed by atoms with Crippen LogP contribution >= 0.6 is 0 Å². The highest BCUT2D eigenvalue weighted by Gasteiger charge is 2.41. The van der Waals surface area contributed by atoms with Crippen molar-refractivity contribution in [3.05, 3.63) is 42.0 Å². The van der Waals surface area contributed by atoms with Crippen LogP contribution in [-0.2, 0) is 14.8 Å². The molecular weight excluding hydrogens is 368 g/mol. The van der Waals surface area contributed by atoms with Crippen LogP contribution in [0, 0.1) is 12.8 Å². The number of sulfonamides is 1. The van der Waals surface area contributed by atoms with Crippen molar-refractivity contribution in [1.82, 2.24) is 19.8 Å². The lowest BCUT2D eigenvalue weighted by molar-refractivity contribution is -0.123. The maximum atomic E-state index is 13.0. The molecule has 0 bridgehead atoms. The third-order valence-electron chi connectivity index (χ3n) is 5.09. The molecule has 1 aromatic carbocycles. The second kappa shape index (κ2) is 7.05. The number of hydrogen-bond donors (Lipinski definition) is 1. The van der Waals surface area contributed by atoms with E-state index in [0.717, 1.165) is 12.8 Å². The smallest absolute Gasteiger partial charge is 0.243 e. The number of nitrogens with zero attached hydrogens (tertiary/aromatic N) is 3. The first-order chi connectivity index (χ1) is 12.9. The number of piperidine rings is 1. The SMILES string of the molecule is Cc1noc(C2CCN(S(=O)(=O)c3ccccc3)CC2NC(=O)C2CC2)n1. The zero-order chi connectivity index (χ0) is 19.0. The Morgan fingerprint density at radius 1 is 1.22 bits per heavy atom. The molecule has 1 aliphatic heterocycles. The molecule has 1 aliphatic carbocycles. The first kappa shape index (κ1) is 18.1. The van der Waals surface area contributed by atoms with Gasteiger partial charge in [0.15, 0.2) is 5.82 Å². The number of carbonyl (C=O) groups is 1. The number of rotatable bonds is 5. The summed E-state index contributed by atoms with van der Waals surface area (Å²) in [6.45, 7) is 2.25. The van der Waals surface area contributed by atoms with E-state index in [4.69, 9.17) is 4.52 Å². The van der Waals surface area contributed by atoms with Gasteiger partial charge in [0.25, 0.3) is 0 Å². The van der Waals surface area contributed by atoms with E-state index in [1.165, 1.54) is 4.31 Å². The van der Waals surface area contributed by atoms with Gasteiger partial charge < -0.3 is 9.84 Å². The van der Waals surface area contributed by atoms with Crippen molar-refractivity contribution < 1.29 is 17.7 Å². The Bertz CT molecular complexity index is 924. The molecule has 1 N–H and O–H groups in total. The van der Waals surface area contributed by atoms with E-state index in [9.17, 15) is 13.2 Å². The Hall–Kier alpha value is -2.26. The molecule has 1 saturated carbocycles. The second-order valence-electron chi connectivity index (χ2n) is 7.14. The molecule has 1 aromatic heterocycles. The predicted octanol–water partition coefficient (Wildman–Crippen LogP) is 1.45. The maximum Gasteiger partial charge on any atom is 0.243 e. The van der Waals surface area contributed by atoms with Crippen LogP contribution in [0.25, 0.3) is 0 Å². The minimum Gasteiger partial charge on any atom is -0.351 e. The van der Waals surface area contributed by atoms with Gasteiger partial charge in [0, 0.05) is 19.0 Å². The normalized spacial score (nSPS) is 23.9. The molecule has 2 aromatic rings. The van der Waals surface area contributed by atoms with E-state index >= 15 is 0 Å². The lowest BCUT2D eigenvalue weighted by atomic mass is 9.92. The van der Waals surface area contributed by atoms with Crippen molar-refractivity contribution in [1.29, 1.82) is 0 Å². The van der Waals surface area contributed by atoms with Gasteiger partial charge in [-0.1, -0.05) is 23.4 Å². The van der Waals surface area contributed by atoms with Crippen LogP contribution in [-0.4, -0.2) is 47.9 Å². The quantitative estimate of drug-likeness (QED) is 0.828. The van der Waals surface area contributed by atoms with Crippen LogP contribution in [0.15, 0.2) is 39.8 Å². The van der Waals surface area contributed by atoms with E-state index in [1.807, 2.05) is 0 Å². The van der Waals surface area contributed by atoms with Crippen LogP contribution in [0.4, 0.5) is 0 Å². The van der Waals surface area contributed by atoms with Crippen LogP contribution < -0.4 is 5.32 Å². The van der Waals surface area contributed by atoms with Gasteiger partial charge in [-0.2, -0.15) is 9.29 Å². The number of aromatic nitrogens is 2. The van der Waals surface area contributed by atoms with Crippen LogP contribution in [0.2, 0.25) is 0 Å². The van der Waals surface area contributed by atoms with E-state index in [0.29, 0.717) is 24.7 Å². The maximum absolute atomic E-state index is 13.0. The van der Waals surface area contributed by atoms with Crippen LogP contribution in [0.1, 0.15) is 36.9 Å². The number of aryl methyl sites for hydroxylation is 1. The molecule has 2 atom stereocenters. The summed E-state index contributed by atoms with van der Waals surface area (Å²) in [6.07, 6.45) is 2.27. The Kier molecular flexibility index (Phi) is 4.73. The second-order valence-corrected chi connectivity index (χ2v) is 9.08. The Balaban J connectivity index is 1.58. The molecule has 1 amide bonds. The molecule has 1 saturated heterocycles. The van der Waals surface area contributed by atoms with Crippen molar-refractivity contribution in [3.8, 4) is 0 Å². The van der Waals surface area contributed by atoms with Crippen molar-refractivity contribution in [3.63, 3.8) is 0 Å². The van der Waals surface area contributed by atoms with E-state index < -0.39 is 16.1 Å². The third-order valence-corrected chi connectivity index (χ3v) is 6.97. The fourth-order valence-corrected chi connectivity index (χ4v) is 4.94. The number of carbonyl (C=O) groups excluding carboxylic acids is 1. The number of nitrogens with one attached hydrogen (secondary N) is 1. The molecule has 144 valence electrons. The highest BCUT2D eigenvalue weighted by Crippen LogP contribution is 2.33.